The zero-order chi connectivity index (χ0) is 13.1. The van der Waals surface area contributed by atoms with E-state index in [0.717, 1.165) is 0 Å². The fraction of sp³-hybridized carbons (Fsp3) is 0.364. The van der Waals surface area contributed by atoms with Crippen molar-refractivity contribution in [3.05, 3.63) is 34.9 Å². The maximum Gasteiger partial charge on any atom is 0.320 e. The Kier molecular flexibility index (Phi) is 4.30. The van der Waals surface area contributed by atoms with Crippen LogP contribution in [0.4, 0.5) is 0 Å². The van der Waals surface area contributed by atoms with E-state index in [2.05, 4.69) is 9.12 Å². The van der Waals surface area contributed by atoms with Gasteiger partial charge in [-0.2, -0.15) is 17.5 Å². The molecular formula is C11H15ClN2O2S. The molecule has 0 bridgehead atoms. The van der Waals surface area contributed by atoms with Crippen molar-refractivity contribution >= 4 is 28.0 Å². The van der Waals surface area contributed by atoms with E-state index in [0.29, 0.717) is 10.6 Å². The molecule has 0 aliphatic carbocycles. The summed E-state index contributed by atoms with van der Waals surface area (Å²) in [5.41, 5.74) is 0.129. The Hall–Kier alpha value is -0.910. The van der Waals surface area contributed by atoms with Crippen molar-refractivity contribution in [2.45, 2.75) is 26.3 Å². The van der Waals surface area contributed by atoms with Gasteiger partial charge in [-0.05, 0) is 38.5 Å². The van der Waals surface area contributed by atoms with Crippen LogP contribution in [0.3, 0.4) is 0 Å². The molecule has 94 valence electrons. The molecule has 0 aliphatic heterocycles. The van der Waals surface area contributed by atoms with Gasteiger partial charge in [-0.25, -0.2) is 0 Å². The van der Waals surface area contributed by atoms with Crippen LogP contribution in [0.15, 0.2) is 28.7 Å². The molecule has 17 heavy (non-hydrogen) atoms. The molecule has 4 nitrogen and oxygen atoms in total. The predicted octanol–water partition coefficient (Wildman–Crippen LogP) is 2.39. The topological polar surface area (TPSA) is 58.5 Å². The fourth-order valence-corrected chi connectivity index (χ4v) is 2.31. The Morgan fingerprint density at radius 3 is 2.24 bits per heavy atom. The summed E-state index contributed by atoms with van der Waals surface area (Å²) in [5.74, 6) is 0. The van der Waals surface area contributed by atoms with Crippen LogP contribution < -0.4 is 4.72 Å². The maximum absolute atomic E-state index is 11.6. The van der Waals surface area contributed by atoms with E-state index >= 15 is 0 Å². The first-order valence-electron chi connectivity index (χ1n) is 5.03. The molecule has 0 saturated carbocycles. The zero-order valence-corrected chi connectivity index (χ0v) is 11.5. The van der Waals surface area contributed by atoms with E-state index in [1.165, 1.54) is 6.21 Å². The van der Waals surface area contributed by atoms with E-state index in [-0.39, 0.29) is 0 Å². The molecule has 6 heteroatoms. The lowest BCUT2D eigenvalue weighted by atomic mass is 10.1. The molecule has 1 N–H and O–H groups in total. The summed E-state index contributed by atoms with van der Waals surface area (Å²) in [6, 6.07) is 6.73. The molecule has 0 radical (unpaired) electrons. The molecule has 0 atom stereocenters. The lowest BCUT2D eigenvalue weighted by Gasteiger charge is -2.17. The molecule has 0 saturated heterocycles. The van der Waals surface area contributed by atoms with Crippen LogP contribution in [-0.4, -0.2) is 20.2 Å². The van der Waals surface area contributed by atoms with E-state index in [9.17, 15) is 8.42 Å². The molecule has 1 aromatic carbocycles. The molecule has 0 heterocycles. The van der Waals surface area contributed by atoms with Crippen LogP contribution in [-0.2, 0) is 10.2 Å². The largest absolute Gasteiger partial charge is 0.320 e. The second-order valence-electron chi connectivity index (χ2n) is 4.61. The predicted molar refractivity (Wildman–Crippen MR) is 70.9 cm³/mol. The summed E-state index contributed by atoms with van der Waals surface area (Å²) < 4.78 is 29.1. The Bertz CT molecular complexity index is 501. The summed E-state index contributed by atoms with van der Waals surface area (Å²) in [6.07, 6.45) is 1.28. The number of nitrogens with one attached hydrogen (secondary N) is 1. The summed E-state index contributed by atoms with van der Waals surface area (Å²) in [7, 11) is -3.66. The summed E-state index contributed by atoms with van der Waals surface area (Å²) in [4.78, 5) is 0. The van der Waals surface area contributed by atoms with Gasteiger partial charge in [0.05, 0.1) is 0 Å². The van der Waals surface area contributed by atoms with Gasteiger partial charge < -0.3 is 0 Å². The van der Waals surface area contributed by atoms with Gasteiger partial charge in [-0.3, -0.25) is 0 Å². The average molecular weight is 275 g/mol. The lowest BCUT2D eigenvalue weighted by molar-refractivity contribution is 0.492. The monoisotopic (exact) mass is 274 g/mol. The fourth-order valence-electron chi connectivity index (χ4n) is 1.09. The van der Waals surface area contributed by atoms with Crippen LogP contribution in [0.5, 0.6) is 0 Å². The quantitative estimate of drug-likeness (QED) is 0.861. The molecule has 0 fully saturated rings. The first-order chi connectivity index (χ1) is 7.68. The SMILES string of the molecule is CC(C)(C)NS(=O)(=O)N=Cc1ccc(Cl)cc1. The second kappa shape index (κ2) is 5.16. The van der Waals surface area contributed by atoms with Crippen molar-refractivity contribution in [1.29, 1.82) is 0 Å². The van der Waals surface area contributed by atoms with E-state index in [4.69, 9.17) is 11.6 Å². The molecule has 1 aromatic rings. The number of halogens is 1. The highest BCUT2D eigenvalue weighted by atomic mass is 35.5. The van der Waals surface area contributed by atoms with Crippen LogP contribution in [0.2, 0.25) is 5.02 Å². The van der Waals surface area contributed by atoms with Crippen LogP contribution in [0.1, 0.15) is 26.3 Å². The minimum absolute atomic E-state index is 0.545. The van der Waals surface area contributed by atoms with Crippen molar-refractivity contribution < 1.29 is 8.42 Å². The summed E-state index contributed by atoms with van der Waals surface area (Å²) in [5, 5.41) is 0.595. The van der Waals surface area contributed by atoms with Gasteiger partial charge in [0.2, 0.25) is 0 Å². The lowest BCUT2D eigenvalue weighted by Crippen LogP contribution is -2.39. The van der Waals surface area contributed by atoms with Crippen LogP contribution in [0, 0.1) is 0 Å². The van der Waals surface area contributed by atoms with Crippen molar-refractivity contribution in [3.63, 3.8) is 0 Å². The van der Waals surface area contributed by atoms with Crippen molar-refractivity contribution in [2.24, 2.45) is 4.40 Å². The molecule has 0 aromatic heterocycles. The molecule has 0 unspecified atom stereocenters. The first-order valence-corrected chi connectivity index (χ1v) is 6.85. The molecule has 0 aliphatic rings. The van der Waals surface area contributed by atoms with E-state index in [1.54, 1.807) is 45.0 Å². The van der Waals surface area contributed by atoms with Gasteiger partial charge in [-0.1, -0.05) is 23.7 Å². The molecular weight excluding hydrogens is 260 g/mol. The van der Waals surface area contributed by atoms with E-state index < -0.39 is 15.7 Å². The average Bonchev–Trinajstić information content (AvgIpc) is 2.13. The molecule has 0 amide bonds. The Morgan fingerprint density at radius 1 is 1.24 bits per heavy atom. The van der Waals surface area contributed by atoms with E-state index in [1.807, 2.05) is 0 Å². The third-order valence-corrected chi connectivity index (χ3v) is 3.15. The number of hydrogen-bond acceptors (Lipinski definition) is 2. The second-order valence-corrected chi connectivity index (χ2v) is 6.41. The van der Waals surface area contributed by atoms with Gasteiger partial charge in [0.15, 0.2) is 0 Å². The highest BCUT2D eigenvalue weighted by Gasteiger charge is 2.17. The highest BCUT2D eigenvalue weighted by Crippen LogP contribution is 2.08. The summed E-state index contributed by atoms with van der Waals surface area (Å²) in [6.45, 7) is 5.26. The molecule has 0 spiro atoms. The number of nitrogens with zero attached hydrogens (tertiary/aromatic N) is 1. The van der Waals surface area contributed by atoms with Crippen molar-refractivity contribution in [1.82, 2.24) is 4.72 Å². The smallest absolute Gasteiger partial charge is 0.191 e. The number of rotatable bonds is 3. The summed E-state index contributed by atoms with van der Waals surface area (Å²) >= 11 is 5.71. The minimum Gasteiger partial charge on any atom is -0.191 e. The van der Waals surface area contributed by atoms with Crippen LogP contribution in [0.25, 0.3) is 0 Å². The Labute approximate surface area is 107 Å². The standard InChI is InChI=1S/C11H15ClN2O2S/c1-11(2,3)14-17(15,16)13-8-9-4-6-10(12)7-5-9/h4-8,14H,1-3H3. The van der Waals surface area contributed by atoms with Crippen molar-refractivity contribution in [3.8, 4) is 0 Å². The third-order valence-electron chi connectivity index (χ3n) is 1.65. The number of benzene rings is 1. The van der Waals surface area contributed by atoms with Crippen molar-refractivity contribution in [2.75, 3.05) is 0 Å². The van der Waals surface area contributed by atoms with Gasteiger partial charge in [0.25, 0.3) is 0 Å². The Morgan fingerprint density at radius 2 is 1.76 bits per heavy atom. The normalized spacial score (nSPS) is 13.2. The maximum atomic E-state index is 11.6. The van der Waals surface area contributed by atoms with Gasteiger partial charge in [0.1, 0.15) is 0 Å². The third kappa shape index (κ3) is 5.81. The van der Waals surface area contributed by atoms with Gasteiger partial charge >= 0.3 is 10.2 Å². The Balaban J connectivity index is 2.81. The van der Waals surface area contributed by atoms with Gasteiger partial charge in [-0.15, -0.1) is 0 Å². The molecule has 1 rings (SSSR count). The highest BCUT2D eigenvalue weighted by molar-refractivity contribution is 7.88. The first kappa shape index (κ1) is 14.2. The van der Waals surface area contributed by atoms with Gasteiger partial charge in [0, 0.05) is 16.8 Å². The minimum atomic E-state index is -3.66. The number of hydrogen-bond donors (Lipinski definition) is 1. The van der Waals surface area contributed by atoms with Crippen LogP contribution >= 0.6 is 11.6 Å². The zero-order valence-electron chi connectivity index (χ0n) is 9.94.